The summed E-state index contributed by atoms with van der Waals surface area (Å²) in [6.07, 6.45) is 1.81. The molecule has 0 unspecified atom stereocenters. The van der Waals surface area contributed by atoms with E-state index in [-0.39, 0.29) is 0 Å². The first-order valence-corrected chi connectivity index (χ1v) is 6.35. The number of nitrogens with zero attached hydrogens (tertiary/aromatic N) is 3. The van der Waals surface area contributed by atoms with E-state index in [2.05, 4.69) is 55.1 Å². The van der Waals surface area contributed by atoms with Gasteiger partial charge in [-0.3, -0.25) is 0 Å². The van der Waals surface area contributed by atoms with Gasteiger partial charge in [0, 0.05) is 10.9 Å². The summed E-state index contributed by atoms with van der Waals surface area (Å²) in [7, 11) is 0. The van der Waals surface area contributed by atoms with Gasteiger partial charge in [-0.25, -0.2) is 15.0 Å². The van der Waals surface area contributed by atoms with E-state index in [0.29, 0.717) is 0 Å². The summed E-state index contributed by atoms with van der Waals surface area (Å²) in [5.74, 6) is 2.46. The molecule has 0 N–H and O–H groups in total. The number of aryl methyl sites for hydroxylation is 4. The quantitative estimate of drug-likeness (QED) is 0.872. The zero-order valence-electron chi connectivity index (χ0n) is 9.94. The summed E-state index contributed by atoms with van der Waals surface area (Å²) >= 11 is 3.43. The highest BCUT2D eigenvalue weighted by Crippen LogP contribution is 2.12. The topological polar surface area (TPSA) is 38.7 Å². The van der Waals surface area contributed by atoms with Gasteiger partial charge < -0.3 is 0 Å². The van der Waals surface area contributed by atoms with Crippen LogP contribution in [0.1, 0.15) is 23.0 Å². The van der Waals surface area contributed by atoms with Gasteiger partial charge >= 0.3 is 0 Å². The molecule has 1 aromatic carbocycles. The molecular formula is C13H14BrN3. The molecule has 0 radical (unpaired) electrons. The molecule has 1 heterocycles. The summed E-state index contributed by atoms with van der Waals surface area (Å²) in [5.41, 5.74) is 1.30. The number of benzene rings is 1. The molecule has 0 aliphatic carbocycles. The molecule has 0 spiro atoms. The van der Waals surface area contributed by atoms with Crippen molar-refractivity contribution < 1.29 is 0 Å². The average Bonchev–Trinajstić information content (AvgIpc) is 2.27. The van der Waals surface area contributed by atoms with Crippen molar-refractivity contribution in [2.24, 2.45) is 0 Å². The molecule has 0 atom stereocenters. The van der Waals surface area contributed by atoms with Crippen LogP contribution in [0.5, 0.6) is 0 Å². The van der Waals surface area contributed by atoms with Crippen molar-refractivity contribution in [3.8, 4) is 0 Å². The van der Waals surface area contributed by atoms with Gasteiger partial charge in [-0.15, -0.1) is 0 Å². The predicted molar refractivity (Wildman–Crippen MR) is 70.9 cm³/mol. The Bertz CT molecular complexity index is 488. The lowest BCUT2D eigenvalue weighted by molar-refractivity contribution is 0.793. The van der Waals surface area contributed by atoms with Gasteiger partial charge in [0.25, 0.3) is 0 Å². The van der Waals surface area contributed by atoms with Crippen molar-refractivity contribution in [1.82, 2.24) is 15.0 Å². The Morgan fingerprint density at radius 1 is 0.882 bits per heavy atom. The van der Waals surface area contributed by atoms with Gasteiger partial charge in [-0.2, -0.15) is 0 Å². The molecule has 0 saturated heterocycles. The van der Waals surface area contributed by atoms with Crippen LogP contribution >= 0.6 is 15.9 Å². The Morgan fingerprint density at radius 2 is 1.47 bits per heavy atom. The highest BCUT2D eigenvalue weighted by Gasteiger charge is 2.01. The number of hydrogen-bond donors (Lipinski definition) is 0. The van der Waals surface area contributed by atoms with Crippen molar-refractivity contribution >= 4 is 15.9 Å². The van der Waals surface area contributed by atoms with Crippen molar-refractivity contribution in [2.75, 3.05) is 0 Å². The minimum atomic E-state index is 0.795. The molecule has 1 aromatic heterocycles. The van der Waals surface area contributed by atoms with Crippen LogP contribution in [0.15, 0.2) is 28.7 Å². The molecule has 0 saturated carbocycles. The number of rotatable bonds is 3. The van der Waals surface area contributed by atoms with Crippen molar-refractivity contribution in [3.63, 3.8) is 0 Å². The number of aromatic nitrogens is 3. The zero-order valence-corrected chi connectivity index (χ0v) is 11.5. The molecule has 88 valence electrons. The largest absolute Gasteiger partial charge is 0.219 e. The summed E-state index contributed by atoms with van der Waals surface area (Å²) < 4.78 is 1.10. The molecule has 4 heteroatoms. The first kappa shape index (κ1) is 12.2. The minimum Gasteiger partial charge on any atom is -0.219 e. The average molecular weight is 292 g/mol. The predicted octanol–water partition coefficient (Wildman–Crippen LogP) is 3.04. The van der Waals surface area contributed by atoms with Crippen molar-refractivity contribution in [3.05, 3.63) is 51.8 Å². The molecule has 3 nitrogen and oxygen atoms in total. The van der Waals surface area contributed by atoms with Gasteiger partial charge in [0.1, 0.15) is 17.5 Å². The van der Waals surface area contributed by atoms with Gasteiger partial charge in [0.2, 0.25) is 0 Å². The molecule has 0 aliphatic rings. The van der Waals surface area contributed by atoms with Crippen LogP contribution in [0.2, 0.25) is 0 Å². The van der Waals surface area contributed by atoms with Crippen LogP contribution < -0.4 is 0 Å². The van der Waals surface area contributed by atoms with Crippen molar-refractivity contribution in [2.45, 2.75) is 26.7 Å². The monoisotopic (exact) mass is 291 g/mol. The van der Waals surface area contributed by atoms with Crippen LogP contribution in [0.3, 0.4) is 0 Å². The lowest BCUT2D eigenvalue weighted by Gasteiger charge is -2.03. The van der Waals surface area contributed by atoms with Crippen LogP contribution in [0.25, 0.3) is 0 Å². The smallest absolute Gasteiger partial charge is 0.132 e. The maximum Gasteiger partial charge on any atom is 0.132 e. The first-order valence-electron chi connectivity index (χ1n) is 5.56. The van der Waals surface area contributed by atoms with Crippen LogP contribution in [-0.4, -0.2) is 15.0 Å². The molecule has 0 bridgehead atoms. The van der Waals surface area contributed by atoms with Gasteiger partial charge in [-0.1, -0.05) is 28.1 Å². The maximum atomic E-state index is 4.34. The second kappa shape index (κ2) is 5.36. The third kappa shape index (κ3) is 3.60. The van der Waals surface area contributed by atoms with E-state index in [1.54, 1.807) is 0 Å². The van der Waals surface area contributed by atoms with E-state index in [0.717, 1.165) is 34.8 Å². The molecule has 2 rings (SSSR count). The summed E-state index contributed by atoms with van der Waals surface area (Å²) in [5, 5.41) is 0. The Balaban J connectivity index is 2.04. The number of halogens is 1. The zero-order chi connectivity index (χ0) is 12.3. The van der Waals surface area contributed by atoms with Crippen molar-refractivity contribution in [1.29, 1.82) is 0 Å². The maximum absolute atomic E-state index is 4.34. The lowest BCUT2D eigenvalue weighted by Crippen LogP contribution is -2.04. The Hall–Kier alpha value is -1.29. The summed E-state index contributed by atoms with van der Waals surface area (Å²) in [6, 6.07) is 8.34. The van der Waals surface area contributed by atoms with E-state index < -0.39 is 0 Å². The van der Waals surface area contributed by atoms with E-state index >= 15 is 0 Å². The molecular weight excluding hydrogens is 278 g/mol. The molecule has 0 fully saturated rings. The fourth-order valence-electron chi connectivity index (χ4n) is 1.70. The fraction of sp³-hybridized carbons (Fsp3) is 0.308. The van der Waals surface area contributed by atoms with Crippen LogP contribution in [-0.2, 0) is 12.8 Å². The fourth-order valence-corrected chi connectivity index (χ4v) is 1.97. The lowest BCUT2D eigenvalue weighted by atomic mass is 10.1. The molecule has 0 amide bonds. The molecule has 0 aliphatic heterocycles. The van der Waals surface area contributed by atoms with E-state index in [9.17, 15) is 0 Å². The third-order valence-electron chi connectivity index (χ3n) is 2.46. The van der Waals surface area contributed by atoms with E-state index in [1.807, 2.05) is 13.8 Å². The third-order valence-corrected chi connectivity index (χ3v) is 2.98. The van der Waals surface area contributed by atoms with Gasteiger partial charge in [0.15, 0.2) is 0 Å². The highest BCUT2D eigenvalue weighted by molar-refractivity contribution is 9.10. The minimum absolute atomic E-state index is 0.795. The van der Waals surface area contributed by atoms with Gasteiger partial charge in [-0.05, 0) is 38.0 Å². The Kier molecular flexibility index (Phi) is 3.84. The highest BCUT2D eigenvalue weighted by atomic mass is 79.9. The second-order valence-corrected chi connectivity index (χ2v) is 4.89. The number of hydrogen-bond acceptors (Lipinski definition) is 3. The van der Waals surface area contributed by atoms with E-state index in [4.69, 9.17) is 0 Å². The second-order valence-electron chi connectivity index (χ2n) is 3.97. The summed E-state index contributed by atoms with van der Waals surface area (Å²) in [4.78, 5) is 12.8. The normalized spacial score (nSPS) is 10.5. The summed E-state index contributed by atoms with van der Waals surface area (Å²) in [6.45, 7) is 3.80. The van der Waals surface area contributed by atoms with Crippen LogP contribution in [0, 0.1) is 13.8 Å². The molecule has 17 heavy (non-hydrogen) atoms. The van der Waals surface area contributed by atoms with E-state index in [1.165, 1.54) is 5.56 Å². The molecule has 2 aromatic rings. The SMILES string of the molecule is Cc1nc(C)nc(CCc2ccc(Br)cc2)n1. The first-order chi connectivity index (χ1) is 8.13. The van der Waals surface area contributed by atoms with Crippen LogP contribution in [0.4, 0.5) is 0 Å². The van der Waals surface area contributed by atoms with Gasteiger partial charge in [0.05, 0.1) is 0 Å². The Labute approximate surface area is 109 Å². The standard InChI is InChI=1S/C13H14BrN3/c1-9-15-10(2)17-13(16-9)8-5-11-3-6-12(14)7-4-11/h3-4,6-7H,5,8H2,1-2H3. The Morgan fingerprint density at radius 3 is 2.06 bits per heavy atom.